The summed E-state index contributed by atoms with van der Waals surface area (Å²) >= 11 is 6.07. The monoisotopic (exact) mass is 363 g/mol. The van der Waals surface area contributed by atoms with Crippen LogP contribution >= 0.6 is 11.6 Å². The van der Waals surface area contributed by atoms with E-state index >= 15 is 0 Å². The van der Waals surface area contributed by atoms with Gasteiger partial charge in [-0.1, -0.05) is 18.0 Å². The maximum atomic E-state index is 12.6. The molecule has 0 bridgehead atoms. The first kappa shape index (κ1) is 17.8. The minimum absolute atomic E-state index is 0.153. The summed E-state index contributed by atoms with van der Waals surface area (Å²) in [6.45, 7) is 3.35. The second-order valence-corrected chi connectivity index (χ2v) is 6.86. The fourth-order valence-electron chi connectivity index (χ4n) is 3.31. The van der Waals surface area contributed by atoms with Crippen LogP contribution in [0.15, 0.2) is 18.2 Å². The van der Waals surface area contributed by atoms with E-state index in [-0.39, 0.29) is 11.6 Å². The number of fused-ring (bicyclic) bond motifs is 1. The standard InChI is InChI=1S/C18H22ClN3O3/c1-11-5-3-4-8-22(11)10-15(23)21-16-13-9-12(19)6-7-14(13)20-17(16)18(24)25-2/h6-7,9,11,20H,3-5,8,10H2,1-2H3,(H,21,23)/t11-/m0/s1. The molecule has 1 aliphatic heterocycles. The fraction of sp³-hybridized carbons (Fsp3) is 0.444. The summed E-state index contributed by atoms with van der Waals surface area (Å²) in [5.74, 6) is -0.686. The van der Waals surface area contributed by atoms with Crippen molar-refractivity contribution in [2.45, 2.75) is 32.2 Å². The molecule has 1 amide bonds. The van der Waals surface area contributed by atoms with Crippen LogP contribution in [0.1, 0.15) is 36.7 Å². The summed E-state index contributed by atoms with van der Waals surface area (Å²) in [6.07, 6.45) is 3.41. The molecule has 1 aromatic carbocycles. The molecule has 1 atom stereocenters. The number of hydrogen-bond acceptors (Lipinski definition) is 4. The number of ether oxygens (including phenoxy) is 1. The second-order valence-electron chi connectivity index (χ2n) is 6.42. The number of likely N-dealkylation sites (tertiary alicyclic amines) is 1. The van der Waals surface area contributed by atoms with Crippen LogP contribution in [0.4, 0.5) is 5.69 Å². The third-order valence-corrected chi connectivity index (χ3v) is 4.94. The van der Waals surface area contributed by atoms with E-state index in [0.717, 1.165) is 19.4 Å². The van der Waals surface area contributed by atoms with Crippen molar-refractivity contribution in [1.29, 1.82) is 0 Å². The van der Waals surface area contributed by atoms with Crippen LogP contribution in [-0.2, 0) is 9.53 Å². The third-order valence-electron chi connectivity index (χ3n) is 4.70. The normalized spacial score (nSPS) is 18.3. The second kappa shape index (κ2) is 7.45. The van der Waals surface area contributed by atoms with Crippen molar-refractivity contribution in [3.63, 3.8) is 0 Å². The Morgan fingerprint density at radius 3 is 2.92 bits per heavy atom. The summed E-state index contributed by atoms with van der Waals surface area (Å²) in [5.41, 5.74) is 1.35. The number of amides is 1. The van der Waals surface area contributed by atoms with Gasteiger partial charge in [-0.3, -0.25) is 9.69 Å². The zero-order valence-electron chi connectivity index (χ0n) is 14.4. The number of rotatable bonds is 4. The largest absolute Gasteiger partial charge is 0.464 e. The number of carbonyl (C=O) groups is 2. The number of aromatic nitrogens is 1. The smallest absolute Gasteiger partial charge is 0.356 e. The van der Waals surface area contributed by atoms with E-state index in [1.165, 1.54) is 13.5 Å². The van der Waals surface area contributed by atoms with Crippen molar-refractivity contribution in [3.8, 4) is 0 Å². The Bertz CT molecular complexity index is 802. The Labute approximate surface area is 151 Å². The van der Waals surface area contributed by atoms with Gasteiger partial charge in [0.2, 0.25) is 5.91 Å². The average molecular weight is 364 g/mol. The van der Waals surface area contributed by atoms with Crippen LogP contribution in [0, 0.1) is 0 Å². The number of carbonyl (C=O) groups excluding carboxylic acids is 2. The molecular weight excluding hydrogens is 342 g/mol. The lowest BCUT2D eigenvalue weighted by Crippen LogP contribution is -2.42. The van der Waals surface area contributed by atoms with Gasteiger partial charge in [0.05, 0.1) is 19.3 Å². The summed E-state index contributed by atoms with van der Waals surface area (Å²) in [5, 5.41) is 4.09. The predicted molar refractivity (Wildman–Crippen MR) is 98.2 cm³/mol. The van der Waals surface area contributed by atoms with Gasteiger partial charge in [0, 0.05) is 22.0 Å². The lowest BCUT2D eigenvalue weighted by atomic mass is 10.0. The molecule has 0 saturated carbocycles. The van der Waals surface area contributed by atoms with Crippen molar-refractivity contribution in [1.82, 2.24) is 9.88 Å². The fourth-order valence-corrected chi connectivity index (χ4v) is 3.48. The number of esters is 1. The molecular formula is C18H22ClN3O3. The summed E-state index contributed by atoms with van der Waals surface area (Å²) < 4.78 is 4.82. The first-order chi connectivity index (χ1) is 12.0. The van der Waals surface area contributed by atoms with Crippen molar-refractivity contribution >= 4 is 40.1 Å². The Morgan fingerprint density at radius 2 is 2.20 bits per heavy atom. The van der Waals surface area contributed by atoms with E-state index < -0.39 is 5.97 Å². The van der Waals surface area contributed by atoms with Crippen molar-refractivity contribution in [2.24, 2.45) is 0 Å². The average Bonchev–Trinajstić information content (AvgIpc) is 2.94. The molecule has 2 aromatic rings. The number of nitrogens with zero attached hydrogens (tertiary/aromatic N) is 1. The van der Waals surface area contributed by atoms with Crippen LogP contribution in [0.5, 0.6) is 0 Å². The van der Waals surface area contributed by atoms with Crippen LogP contribution in [-0.4, -0.2) is 48.0 Å². The zero-order chi connectivity index (χ0) is 18.0. The number of nitrogens with one attached hydrogen (secondary N) is 2. The minimum Gasteiger partial charge on any atom is -0.464 e. The van der Waals surface area contributed by atoms with Crippen LogP contribution < -0.4 is 5.32 Å². The van der Waals surface area contributed by atoms with Gasteiger partial charge in [0.15, 0.2) is 0 Å². The van der Waals surface area contributed by atoms with Gasteiger partial charge in [-0.2, -0.15) is 0 Å². The van der Waals surface area contributed by atoms with Gasteiger partial charge in [-0.15, -0.1) is 0 Å². The highest BCUT2D eigenvalue weighted by molar-refractivity contribution is 6.31. The Balaban J connectivity index is 1.87. The molecule has 0 unspecified atom stereocenters. The van der Waals surface area contributed by atoms with Crippen molar-refractivity contribution in [3.05, 3.63) is 28.9 Å². The molecule has 1 fully saturated rings. The van der Waals surface area contributed by atoms with Crippen molar-refractivity contribution in [2.75, 3.05) is 25.5 Å². The summed E-state index contributed by atoms with van der Waals surface area (Å²) in [6, 6.07) is 5.60. The van der Waals surface area contributed by atoms with E-state index in [1.807, 2.05) is 0 Å². The van der Waals surface area contributed by atoms with Crippen LogP contribution in [0.2, 0.25) is 5.02 Å². The number of methoxy groups -OCH3 is 1. The Kier molecular flexibility index (Phi) is 5.30. The number of halogens is 1. The molecule has 0 aliphatic carbocycles. The molecule has 3 rings (SSSR count). The Hall–Kier alpha value is -2.05. The van der Waals surface area contributed by atoms with E-state index in [1.54, 1.807) is 18.2 Å². The van der Waals surface area contributed by atoms with Crippen molar-refractivity contribution < 1.29 is 14.3 Å². The van der Waals surface area contributed by atoms with E-state index in [4.69, 9.17) is 16.3 Å². The highest BCUT2D eigenvalue weighted by Crippen LogP contribution is 2.30. The molecule has 1 aromatic heterocycles. The SMILES string of the molecule is COC(=O)c1[nH]c2ccc(Cl)cc2c1NC(=O)CN1CCCC[C@@H]1C. The highest BCUT2D eigenvalue weighted by atomic mass is 35.5. The Morgan fingerprint density at radius 1 is 1.40 bits per heavy atom. The summed E-state index contributed by atoms with van der Waals surface area (Å²) in [7, 11) is 1.31. The van der Waals surface area contributed by atoms with Crippen LogP contribution in [0.25, 0.3) is 10.9 Å². The molecule has 134 valence electrons. The first-order valence-electron chi connectivity index (χ1n) is 8.43. The number of H-pyrrole nitrogens is 1. The number of hydrogen-bond donors (Lipinski definition) is 2. The number of aromatic amines is 1. The molecule has 0 spiro atoms. The third kappa shape index (κ3) is 3.80. The highest BCUT2D eigenvalue weighted by Gasteiger charge is 2.24. The number of benzene rings is 1. The van der Waals surface area contributed by atoms with Gasteiger partial charge in [0.25, 0.3) is 0 Å². The maximum Gasteiger partial charge on any atom is 0.356 e. The first-order valence-corrected chi connectivity index (χ1v) is 8.81. The predicted octanol–water partition coefficient (Wildman–Crippen LogP) is 3.42. The van der Waals surface area contributed by atoms with Gasteiger partial charge in [-0.05, 0) is 44.5 Å². The molecule has 6 nitrogen and oxygen atoms in total. The molecule has 7 heteroatoms. The summed E-state index contributed by atoms with van der Waals surface area (Å²) in [4.78, 5) is 29.8. The van der Waals surface area contributed by atoms with Gasteiger partial charge < -0.3 is 15.0 Å². The number of anilines is 1. The number of piperidine rings is 1. The van der Waals surface area contributed by atoms with E-state index in [2.05, 4.69) is 22.1 Å². The zero-order valence-corrected chi connectivity index (χ0v) is 15.2. The molecule has 2 heterocycles. The van der Waals surface area contributed by atoms with Crippen LogP contribution in [0.3, 0.4) is 0 Å². The lowest BCUT2D eigenvalue weighted by molar-refractivity contribution is -0.118. The quantitative estimate of drug-likeness (QED) is 0.816. The van der Waals surface area contributed by atoms with E-state index in [9.17, 15) is 9.59 Å². The minimum atomic E-state index is -0.533. The molecule has 2 N–H and O–H groups in total. The molecule has 1 aliphatic rings. The van der Waals surface area contributed by atoms with Gasteiger partial charge in [-0.25, -0.2) is 4.79 Å². The topological polar surface area (TPSA) is 74.4 Å². The van der Waals surface area contributed by atoms with Gasteiger partial charge in [0.1, 0.15) is 5.69 Å². The molecule has 0 radical (unpaired) electrons. The lowest BCUT2D eigenvalue weighted by Gasteiger charge is -2.32. The maximum absolute atomic E-state index is 12.6. The van der Waals surface area contributed by atoms with E-state index in [0.29, 0.717) is 34.2 Å². The van der Waals surface area contributed by atoms with Gasteiger partial charge >= 0.3 is 5.97 Å². The molecule has 1 saturated heterocycles. The molecule has 25 heavy (non-hydrogen) atoms.